The molecule has 5 N–H and O–H groups in total. The zero-order valence-corrected chi connectivity index (χ0v) is 27.4. The number of esters is 1. The minimum Gasteiger partial charge on any atom is -0.464 e. The Morgan fingerprint density at radius 2 is 1.58 bits per heavy atom. The quantitative estimate of drug-likeness (QED) is 0.151. The lowest BCUT2D eigenvalue weighted by molar-refractivity contribution is -0.144. The highest BCUT2D eigenvalue weighted by molar-refractivity contribution is 6.51. The van der Waals surface area contributed by atoms with E-state index in [-0.39, 0.29) is 25.5 Å². The van der Waals surface area contributed by atoms with E-state index in [0.717, 1.165) is 19.3 Å². The topological polar surface area (TPSA) is 177 Å². The third-order valence-corrected chi connectivity index (χ3v) is 9.81. The van der Waals surface area contributed by atoms with Crippen molar-refractivity contribution < 1.29 is 33.5 Å². The maximum absolute atomic E-state index is 14.1. The van der Waals surface area contributed by atoms with Gasteiger partial charge in [0, 0.05) is 25.3 Å². The molecule has 12 nitrogen and oxygen atoms in total. The van der Waals surface area contributed by atoms with Gasteiger partial charge in [-0.3, -0.25) is 24.0 Å². The molecule has 6 atom stereocenters. The average Bonchev–Trinajstić information content (AvgIpc) is 3.17. The molecule has 242 valence electrons. The van der Waals surface area contributed by atoms with Crippen LogP contribution in [-0.2, 0) is 28.7 Å². The number of urea groups is 1. The van der Waals surface area contributed by atoms with Crippen molar-refractivity contribution >= 4 is 58.7 Å². The Morgan fingerprint density at radius 1 is 0.977 bits per heavy atom. The average molecular weight is 647 g/mol. The van der Waals surface area contributed by atoms with Crippen LogP contribution in [0.25, 0.3) is 0 Å². The minimum absolute atomic E-state index is 0.0578. The lowest BCUT2D eigenvalue weighted by Crippen LogP contribution is -2.62. The highest BCUT2D eigenvalue weighted by atomic mass is 35.5. The molecule has 5 amide bonds. The van der Waals surface area contributed by atoms with E-state index < -0.39 is 86.7 Å². The van der Waals surface area contributed by atoms with Crippen LogP contribution in [0.5, 0.6) is 0 Å². The van der Waals surface area contributed by atoms with Crippen LogP contribution in [-0.4, -0.2) is 82.1 Å². The van der Waals surface area contributed by atoms with Crippen molar-refractivity contribution in [3.8, 4) is 0 Å². The number of ether oxygens (including phenoxy) is 1. The van der Waals surface area contributed by atoms with Gasteiger partial charge in [0.2, 0.25) is 17.6 Å². The standard InChI is InChI=1S/C29H45Cl2N5O7/c1-14(37)43-13-18(27(2,3)4)34-26(42)35-22(28(5,6)7)25(41)36-12-16-19(29(16,30)31)20(36)24(40)33-17(21(38)23(32)39)11-15-9-8-10-15/h15-20,22H,8-13H2,1-7H3,(H2,32,39)(H,33,40)(H2,34,35,42)/t16-,17?,18?,19-,20-,22+/m0/s1. The number of fused-ring (bicyclic) bond motifs is 1. The molecule has 3 fully saturated rings. The number of nitrogens with two attached hydrogens (primary N) is 1. The third kappa shape index (κ3) is 8.12. The molecule has 0 aromatic heterocycles. The number of alkyl halides is 2. The van der Waals surface area contributed by atoms with Crippen molar-refractivity contribution in [2.45, 2.75) is 103 Å². The number of piperidine rings is 1. The highest BCUT2D eigenvalue weighted by Crippen LogP contribution is 2.65. The van der Waals surface area contributed by atoms with Gasteiger partial charge in [0.05, 0.1) is 12.1 Å². The molecule has 3 rings (SSSR count). The van der Waals surface area contributed by atoms with Crippen LogP contribution in [0.1, 0.15) is 74.1 Å². The maximum atomic E-state index is 14.1. The fourth-order valence-electron chi connectivity index (χ4n) is 5.71. The van der Waals surface area contributed by atoms with E-state index in [2.05, 4.69) is 16.0 Å². The van der Waals surface area contributed by atoms with E-state index in [1.165, 1.54) is 11.8 Å². The fraction of sp³-hybridized carbons (Fsp3) is 0.793. The number of Topliss-reactive ketones (excluding diaryl/α,β-unsaturated/α-hetero) is 1. The number of likely N-dealkylation sites (tertiary alicyclic amines) is 1. The molecule has 0 radical (unpaired) electrons. The van der Waals surface area contributed by atoms with E-state index in [9.17, 15) is 28.8 Å². The Morgan fingerprint density at radius 3 is 2.05 bits per heavy atom. The monoisotopic (exact) mass is 645 g/mol. The summed E-state index contributed by atoms with van der Waals surface area (Å²) in [5, 5.41) is 8.22. The molecular weight excluding hydrogens is 601 g/mol. The summed E-state index contributed by atoms with van der Waals surface area (Å²) < 4.78 is 3.89. The normalized spacial score (nSPS) is 24.9. The summed E-state index contributed by atoms with van der Waals surface area (Å²) in [4.78, 5) is 78.1. The minimum atomic E-state index is -1.24. The molecule has 1 heterocycles. The number of hydrogen-bond donors (Lipinski definition) is 4. The second-order valence-electron chi connectivity index (χ2n) is 14.2. The molecule has 0 aromatic carbocycles. The summed E-state index contributed by atoms with van der Waals surface area (Å²) in [6, 6.07) is -4.54. The van der Waals surface area contributed by atoms with Crippen molar-refractivity contribution in [3.05, 3.63) is 0 Å². The molecule has 2 unspecified atom stereocenters. The Kier molecular flexibility index (Phi) is 10.4. The van der Waals surface area contributed by atoms with Crippen molar-refractivity contribution in [2.75, 3.05) is 13.2 Å². The smallest absolute Gasteiger partial charge is 0.315 e. The lowest BCUT2D eigenvalue weighted by atomic mass is 9.80. The Labute approximate surface area is 262 Å². The van der Waals surface area contributed by atoms with Crippen molar-refractivity contribution in [1.29, 1.82) is 0 Å². The number of primary amides is 1. The molecule has 1 aliphatic heterocycles. The van der Waals surface area contributed by atoms with Gasteiger partial charge in [-0.25, -0.2) is 4.79 Å². The molecule has 2 saturated carbocycles. The molecule has 43 heavy (non-hydrogen) atoms. The number of nitrogens with one attached hydrogen (secondary N) is 3. The molecule has 1 saturated heterocycles. The molecule has 2 aliphatic carbocycles. The zero-order chi connectivity index (χ0) is 32.7. The van der Waals surface area contributed by atoms with E-state index >= 15 is 0 Å². The van der Waals surface area contributed by atoms with Crippen molar-refractivity contribution in [3.63, 3.8) is 0 Å². The Balaban J connectivity index is 1.81. The molecular formula is C29H45Cl2N5O7. The zero-order valence-electron chi connectivity index (χ0n) is 25.9. The van der Waals surface area contributed by atoms with Crippen molar-refractivity contribution in [2.24, 2.45) is 34.3 Å². The van der Waals surface area contributed by atoms with Gasteiger partial charge in [-0.15, -0.1) is 23.2 Å². The van der Waals surface area contributed by atoms with Crippen LogP contribution >= 0.6 is 23.2 Å². The van der Waals surface area contributed by atoms with Gasteiger partial charge in [-0.1, -0.05) is 60.8 Å². The summed E-state index contributed by atoms with van der Waals surface area (Å²) >= 11 is 13.0. The van der Waals surface area contributed by atoms with E-state index in [0.29, 0.717) is 0 Å². The van der Waals surface area contributed by atoms with Crippen LogP contribution in [0.3, 0.4) is 0 Å². The first kappa shape index (κ1) is 34.9. The number of carbonyl (C=O) groups is 6. The summed E-state index contributed by atoms with van der Waals surface area (Å²) in [6.07, 6.45) is 3.02. The first-order chi connectivity index (χ1) is 19.7. The predicted molar refractivity (Wildman–Crippen MR) is 160 cm³/mol. The van der Waals surface area contributed by atoms with Gasteiger partial charge in [0.25, 0.3) is 5.91 Å². The third-order valence-electron chi connectivity index (χ3n) is 8.75. The number of halogens is 2. The fourth-order valence-corrected chi connectivity index (χ4v) is 6.54. The summed E-state index contributed by atoms with van der Waals surface area (Å²) in [5.74, 6) is -4.54. The van der Waals surface area contributed by atoms with E-state index in [1.807, 2.05) is 20.8 Å². The van der Waals surface area contributed by atoms with Crippen LogP contribution in [0.2, 0.25) is 0 Å². The Hall–Kier alpha value is -2.60. The molecule has 14 heteroatoms. The second-order valence-corrected chi connectivity index (χ2v) is 15.6. The van der Waals surface area contributed by atoms with Gasteiger partial charge >= 0.3 is 12.0 Å². The molecule has 0 aromatic rings. The lowest BCUT2D eigenvalue weighted by Gasteiger charge is -2.38. The van der Waals surface area contributed by atoms with E-state index in [4.69, 9.17) is 33.7 Å². The number of hydrogen-bond acceptors (Lipinski definition) is 7. The number of rotatable bonds is 11. The second kappa shape index (κ2) is 12.8. The summed E-state index contributed by atoms with van der Waals surface area (Å²) in [6.45, 7) is 12.2. The SMILES string of the molecule is CC(=O)OCC(NC(=O)N[C@H](C(=O)N1C[C@H]2[C@@H]([C@H]1C(=O)NC(CC1CCC1)C(=O)C(N)=O)C2(Cl)Cl)C(C)(C)C)C(C)(C)C. The van der Waals surface area contributed by atoms with Crippen LogP contribution in [0.4, 0.5) is 4.79 Å². The van der Waals surface area contributed by atoms with Gasteiger partial charge in [-0.05, 0) is 23.2 Å². The maximum Gasteiger partial charge on any atom is 0.315 e. The first-order valence-electron chi connectivity index (χ1n) is 14.7. The summed E-state index contributed by atoms with van der Waals surface area (Å²) in [7, 11) is 0. The van der Waals surface area contributed by atoms with Crippen molar-refractivity contribution in [1.82, 2.24) is 20.9 Å². The highest BCUT2D eigenvalue weighted by Gasteiger charge is 2.74. The number of amides is 5. The van der Waals surface area contributed by atoms with Crippen LogP contribution in [0.15, 0.2) is 0 Å². The van der Waals surface area contributed by atoms with Gasteiger partial charge in [0.1, 0.15) is 23.0 Å². The van der Waals surface area contributed by atoms with E-state index in [1.54, 1.807) is 20.8 Å². The predicted octanol–water partition coefficient (Wildman–Crippen LogP) is 2.04. The summed E-state index contributed by atoms with van der Waals surface area (Å²) in [5.41, 5.74) is 4.00. The van der Waals surface area contributed by atoms with Gasteiger partial charge in [-0.2, -0.15) is 0 Å². The number of ketones is 1. The molecule has 0 bridgehead atoms. The van der Waals surface area contributed by atoms with Gasteiger partial charge < -0.3 is 31.3 Å². The van der Waals surface area contributed by atoms with Crippen LogP contribution < -0.4 is 21.7 Å². The Bertz CT molecular complexity index is 1150. The largest absolute Gasteiger partial charge is 0.464 e. The number of nitrogens with zero attached hydrogens (tertiary/aromatic N) is 1. The molecule has 3 aliphatic rings. The first-order valence-corrected chi connectivity index (χ1v) is 15.4. The van der Waals surface area contributed by atoms with Crippen LogP contribution in [0, 0.1) is 28.6 Å². The number of carbonyl (C=O) groups excluding carboxylic acids is 6. The molecule has 0 spiro atoms. The van der Waals surface area contributed by atoms with Gasteiger partial charge in [0.15, 0.2) is 0 Å².